The second-order valence-corrected chi connectivity index (χ2v) is 3.53. The number of rotatable bonds is 3. The van der Waals surface area contributed by atoms with Crippen molar-refractivity contribution in [2.75, 3.05) is 26.7 Å². The lowest BCUT2D eigenvalue weighted by Gasteiger charge is -2.47. The van der Waals surface area contributed by atoms with Crippen LogP contribution in [0.5, 0.6) is 0 Å². The van der Waals surface area contributed by atoms with E-state index in [0.29, 0.717) is 6.54 Å². The normalized spacial score (nSPS) is 21.6. The highest BCUT2D eigenvalue weighted by Crippen LogP contribution is 2.20. The lowest BCUT2D eigenvalue weighted by atomic mass is 9.88. The summed E-state index contributed by atoms with van der Waals surface area (Å²) in [5, 5.41) is 2.59. The molecule has 0 unspecified atom stereocenters. The summed E-state index contributed by atoms with van der Waals surface area (Å²) in [5.74, 6) is 0.0631. The molecule has 1 fully saturated rings. The van der Waals surface area contributed by atoms with Crippen LogP contribution in [0.25, 0.3) is 0 Å². The Balaban J connectivity index is 2.21. The molecule has 1 aliphatic heterocycles. The van der Waals surface area contributed by atoms with E-state index in [9.17, 15) is 4.79 Å². The van der Waals surface area contributed by atoms with Crippen LogP contribution in [0.2, 0.25) is 0 Å². The molecule has 0 radical (unpaired) electrons. The number of carbonyl (C=O) groups excluding carboxylic acids is 1. The topological polar surface area (TPSA) is 58.4 Å². The molecule has 12 heavy (non-hydrogen) atoms. The van der Waals surface area contributed by atoms with Crippen LogP contribution in [0.15, 0.2) is 0 Å². The molecule has 0 spiro atoms. The third-order valence-corrected chi connectivity index (χ3v) is 2.43. The largest absolute Gasteiger partial charge is 0.358 e. The standard InChI is InChI=1S/C8H17N3O/c1-3-8(9)5-11(6-8)4-7(12)10-2/h3-6,9H2,1-2H3,(H,10,12). The van der Waals surface area contributed by atoms with Crippen molar-refractivity contribution in [1.29, 1.82) is 0 Å². The average Bonchev–Trinajstić information content (AvgIpc) is 2.01. The van der Waals surface area contributed by atoms with Crippen LogP contribution < -0.4 is 11.1 Å². The minimum atomic E-state index is -0.0337. The van der Waals surface area contributed by atoms with Gasteiger partial charge in [0.15, 0.2) is 0 Å². The van der Waals surface area contributed by atoms with Gasteiger partial charge < -0.3 is 11.1 Å². The number of likely N-dealkylation sites (tertiary alicyclic amines) is 1. The molecule has 1 aliphatic rings. The summed E-state index contributed by atoms with van der Waals surface area (Å²) in [6.45, 7) is 4.25. The first kappa shape index (κ1) is 9.48. The van der Waals surface area contributed by atoms with Gasteiger partial charge in [-0.1, -0.05) is 6.92 Å². The molecule has 1 heterocycles. The van der Waals surface area contributed by atoms with Crippen LogP contribution in [0.3, 0.4) is 0 Å². The predicted molar refractivity (Wildman–Crippen MR) is 47.7 cm³/mol. The number of nitrogens with one attached hydrogen (secondary N) is 1. The van der Waals surface area contributed by atoms with E-state index in [0.717, 1.165) is 19.5 Å². The fraction of sp³-hybridized carbons (Fsp3) is 0.875. The van der Waals surface area contributed by atoms with E-state index < -0.39 is 0 Å². The second-order valence-electron chi connectivity index (χ2n) is 3.53. The fourth-order valence-corrected chi connectivity index (χ4v) is 1.46. The van der Waals surface area contributed by atoms with Crippen molar-refractivity contribution in [1.82, 2.24) is 10.2 Å². The number of nitrogens with two attached hydrogens (primary N) is 1. The molecule has 0 atom stereocenters. The van der Waals surface area contributed by atoms with Crippen molar-refractivity contribution in [2.45, 2.75) is 18.9 Å². The number of likely N-dealkylation sites (N-methyl/N-ethyl adjacent to an activating group) is 1. The maximum Gasteiger partial charge on any atom is 0.233 e. The number of nitrogens with zero attached hydrogens (tertiary/aromatic N) is 1. The molecule has 0 aliphatic carbocycles. The van der Waals surface area contributed by atoms with Crippen molar-refractivity contribution >= 4 is 5.91 Å². The number of hydrogen-bond donors (Lipinski definition) is 2. The van der Waals surface area contributed by atoms with Gasteiger partial charge in [-0.25, -0.2) is 0 Å². The van der Waals surface area contributed by atoms with Gasteiger partial charge in [-0.3, -0.25) is 9.69 Å². The van der Waals surface area contributed by atoms with Crippen molar-refractivity contribution in [2.24, 2.45) is 5.73 Å². The zero-order chi connectivity index (χ0) is 9.19. The van der Waals surface area contributed by atoms with Crippen LogP contribution in [0, 0.1) is 0 Å². The molecular weight excluding hydrogens is 154 g/mol. The molecule has 70 valence electrons. The number of amides is 1. The Bertz CT molecular complexity index is 175. The first-order valence-corrected chi connectivity index (χ1v) is 4.31. The van der Waals surface area contributed by atoms with Gasteiger partial charge >= 0.3 is 0 Å². The fourth-order valence-electron chi connectivity index (χ4n) is 1.46. The van der Waals surface area contributed by atoms with Gasteiger partial charge in [0, 0.05) is 25.7 Å². The SMILES string of the molecule is CCC1(N)CN(CC(=O)NC)C1. The van der Waals surface area contributed by atoms with E-state index in [1.165, 1.54) is 0 Å². The Labute approximate surface area is 73.1 Å². The van der Waals surface area contributed by atoms with E-state index in [4.69, 9.17) is 5.73 Å². The van der Waals surface area contributed by atoms with Gasteiger partial charge in [-0.05, 0) is 6.42 Å². The Morgan fingerprint density at radius 3 is 2.67 bits per heavy atom. The molecule has 0 saturated carbocycles. The Hall–Kier alpha value is -0.610. The molecule has 4 heteroatoms. The summed E-state index contributed by atoms with van der Waals surface area (Å²) in [6.07, 6.45) is 0.983. The molecule has 3 N–H and O–H groups in total. The Kier molecular flexibility index (Phi) is 2.69. The van der Waals surface area contributed by atoms with Crippen molar-refractivity contribution in [3.05, 3.63) is 0 Å². The summed E-state index contributed by atoms with van der Waals surface area (Å²) in [5.41, 5.74) is 5.90. The molecular formula is C8H17N3O. The molecule has 0 aromatic heterocycles. The second kappa shape index (κ2) is 3.41. The third-order valence-electron chi connectivity index (χ3n) is 2.43. The van der Waals surface area contributed by atoms with Gasteiger partial charge in [-0.2, -0.15) is 0 Å². The summed E-state index contributed by atoms with van der Waals surface area (Å²) in [4.78, 5) is 13.0. The number of carbonyl (C=O) groups is 1. The van der Waals surface area contributed by atoms with Crippen LogP contribution >= 0.6 is 0 Å². The van der Waals surface area contributed by atoms with E-state index in [1.54, 1.807) is 7.05 Å². The van der Waals surface area contributed by atoms with E-state index in [-0.39, 0.29) is 11.4 Å². The lowest BCUT2D eigenvalue weighted by Crippen LogP contribution is -2.67. The van der Waals surface area contributed by atoms with Crippen molar-refractivity contribution < 1.29 is 4.79 Å². The Morgan fingerprint density at radius 1 is 1.67 bits per heavy atom. The van der Waals surface area contributed by atoms with Crippen LogP contribution in [0.1, 0.15) is 13.3 Å². The van der Waals surface area contributed by atoms with Gasteiger partial charge in [0.1, 0.15) is 0 Å². The zero-order valence-corrected chi connectivity index (χ0v) is 7.76. The molecule has 1 rings (SSSR count). The maximum absolute atomic E-state index is 10.9. The first-order valence-electron chi connectivity index (χ1n) is 4.31. The summed E-state index contributed by atoms with van der Waals surface area (Å²) < 4.78 is 0. The van der Waals surface area contributed by atoms with E-state index in [2.05, 4.69) is 17.1 Å². The third kappa shape index (κ3) is 1.95. The zero-order valence-electron chi connectivity index (χ0n) is 7.76. The highest BCUT2D eigenvalue weighted by molar-refractivity contribution is 5.77. The van der Waals surface area contributed by atoms with Gasteiger partial charge in [0.05, 0.1) is 6.54 Å². The molecule has 0 aromatic rings. The summed E-state index contributed by atoms with van der Waals surface area (Å²) in [7, 11) is 1.65. The van der Waals surface area contributed by atoms with Crippen molar-refractivity contribution in [3.8, 4) is 0 Å². The smallest absolute Gasteiger partial charge is 0.233 e. The van der Waals surface area contributed by atoms with Gasteiger partial charge in [-0.15, -0.1) is 0 Å². The minimum Gasteiger partial charge on any atom is -0.358 e. The van der Waals surface area contributed by atoms with E-state index in [1.807, 2.05) is 0 Å². The minimum absolute atomic E-state index is 0.0337. The predicted octanol–water partition coefficient (Wildman–Crippen LogP) is -0.844. The molecule has 0 aromatic carbocycles. The highest BCUT2D eigenvalue weighted by Gasteiger charge is 2.37. The van der Waals surface area contributed by atoms with Crippen LogP contribution in [-0.2, 0) is 4.79 Å². The maximum atomic E-state index is 10.9. The van der Waals surface area contributed by atoms with Crippen LogP contribution in [-0.4, -0.2) is 43.0 Å². The summed E-state index contributed by atoms with van der Waals surface area (Å²) in [6, 6.07) is 0. The highest BCUT2D eigenvalue weighted by atomic mass is 16.1. The number of hydrogen-bond acceptors (Lipinski definition) is 3. The average molecular weight is 171 g/mol. The molecule has 1 amide bonds. The molecule has 0 bridgehead atoms. The van der Waals surface area contributed by atoms with Gasteiger partial charge in [0.25, 0.3) is 0 Å². The van der Waals surface area contributed by atoms with Crippen LogP contribution in [0.4, 0.5) is 0 Å². The Morgan fingerprint density at radius 2 is 2.25 bits per heavy atom. The molecule has 1 saturated heterocycles. The summed E-state index contributed by atoms with van der Waals surface area (Å²) >= 11 is 0. The van der Waals surface area contributed by atoms with E-state index >= 15 is 0 Å². The quantitative estimate of drug-likeness (QED) is 0.582. The lowest BCUT2D eigenvalue weighted by molar-refractivity contribution is -0.123. The molecule has 4 nitrogen and oxygen atoms in total. The first-order chi connectivity index (χ1) is 5.59. The van der Waals surface area contributed by atoms with Crippen molar-refractivity contribution in [3.63, 3.8) is 0 Å². The van der Waals surface area contributed by atoms with Gasteiger partial charge in [0.2, 0.25) is 5.91 Å². The monoisotopic (exact) mass is 171 g/mol.